The van der Waals surface area contributed by atoms with Gasteiger partial charge in [-0.15, -0.1) is 0 Å². The number of hydrogen-bond acceptors (Lipinski definition) is 15. The van der Waals surface area contributed by atoms with Gasteiger partial charge in [0.1, 0.15) is 73.7 Å². The number of esters is 2. The van der Waals surface area contributed by atoms with E-state index < -0.39 is 144 Å². The summed E-state index contributed by atoms with van der Waals surface area (Å²) < 4.78 is 17.1. The maximum atomic E-state index is 15.3. The van der Waals surface area contributed by atoms with Crippen LogP contribution in [-0.2, 0) is 67.0 Å². The lowest BCUT2D eigenvalue weighted by Gasteiger charge is -2.42. The number of benzene rings is 2. The summed E-state index contributed by atoms with van der Waals surface area (Å²) in [5, 5.41) is 10.9. The first-order valence-electron chi connectivity index (χ1n) is 34.8. The van der Waals surface area contributed by atoms with E-state index in [2.05, 4.69) is 21.3 Å². The van der Waals surface area contributed by atoms with E-state index >= 15 is 14.4 Å². The van der Waals surface area contributed by atoms with Crippen LogP contribution >= 0.6 is 0 Å². The summed E-state index contributed by atoms with van der Waals surface area (Å²) >= 11 is 0. The van der Waals surface area contributed by atoms with Crippen LogP contribution in [0.15, 0.2) is 60.7 Å². The topological polar surface area (TPSA) is 300 Å². The van der Waals surface area contributed by atoms with Crippen molar-refractivity contribution in [2.24, 2.45) is 35.5 Å². The summed E-state index contributed by atoms with van der Waals surface area (Å²) in [5.74, 6) is -9.50. The summed E-state index contributed by atoms with van der Waals surface area (Å²) in [5.41, 5.74) is 4.18. The van der Waals surface area contributed by atoms with Crippen molar-refractivity contribution in [3.05, 3.63) is 71.8 Å². The van der Waals surface area contributed by atoms with Crippen LogP contribution in [0.4, 0.5) is 4.79 Å². The van der Waals surface area contributed by atoms with Crippen molar-refractivity contribution in [3.63, 3.8) is 0 Å². The Kier molecular flexibility index (Phi) is 33.8. The van der Waals surface area contributed by atoms with Crippen molar-refractivity contribution in [1.82, 2.24) is 50.7 Å². The van der Waals surface area contributed by atoms with Crippen LogP contribution in [0, 0.1) is 35.5 Å². The van der Waals surface area contributed by atoms with Crippen molar-refractivity contribution in [3.8, 4) is 11.1 Å². The predicted molar refractivity (Wildman–Crippen MR) is 379 cm³/mol. The highest BCUT2D eigenvalue weighted by Gasteiger charge is 2.47. The molecular weight excluding hydrogens is 1270 g/mol. The number of alkyl carbamates (subject to hydrolysis) is 1. The number of rotatable bonds is 37. The molecule has 1 aliphatic rings. The highest BCUT2D eigenvalue weighted by atomic mass is 16.6. The molecule has 2 aromatic rings. The van der Waals surface area contributed by atoms with Crippen LogP contribution in [0.5, 0.6) is 0 Å². The molecule has 11 atom stereocenters. The van der Waals surface area contributed by atoms with Crippen molar-refractivity contribution in [2.45, 2.75) is 216 Å². The number of carbonyl (C=O) groups is 12. The third kappa shape index (κ3) is 23.6. The normalized spacial score (nSPS) is 15.4. The van der Waals surface area contributed by atoms with E-state index in [1.54, 1.807) is 61.6 Å². The number of hydrogen-bond donors (Lipinski definition) is 4. The van der Waals surface area contributed by atoms with Gasteiger partial charge in [-0.1, -0.05) is 144 Å². The van der Waals surface area contributed by atoms with Crippen molar-refractivity contribution in [1.29, 1.82) is 0 Å². The minimum Gasteiger partial charge on any atom is -0.462 e. The smallest absolute Gasteiger partial charge is 0.407 e. The zero-order valence-electron chi connectivity index (χ0n) is 63.1. The van der Waals surface area contributed by atoms with Crippen molar-refractivity contribution >= 4 is 71.2 Å². The van der Waals surface area contributed by atoms with Gasteiger partial charge in [0.15, 0.2) is 0 Å². The molecule has 3 rings (SSSR count). The molecule has 0 unspecified atom stereocenters. The van der Waals surface area contributed by atoms with E-state index in [0.29, 0.717) is 6.42 Å². The predicted octanol–water partition coefficient (Wildman–Crippen LogP) is 6.94. The van der Waals surface area contributed by atoms with E-state index in [1.807, 2.05) is 96.1 Å². The number of fused-ring (bicyclic) bond motifs is 3. The molecular formula is C74H116N10O15. The Morgan fingerprint density at radius 1 is 0.515 bits per heavy atom. The minimum absolute atomic E-state index is 0.0251. The lowest BCUT2D eigenvalue weighted by molar-refractivity contribution is -0.164. The maximum absolute atomic E-state index is 15.3. The Balaban J connectivity index is 1.87. The SMILES string of the molecule is CC=CC[C@@H](C)[C@@H](OC(C)=O)[C@@H](C(=O)N[C@@H](CC)C(=O)OCCN(C)C(C)=O)N(C)C(=O)[C@H](C(C)C)N(C)C(=O)[C@H](CC(C)C)N(C)C(=O)[C@H](CC(C)C)N(C)C(=O)[C@@H](C)NC(=O)[C@H](C)NC(=O)[C@H](CC(C)C)N(C)C(=O)[C@@H](NC(=O)OCC1c2ccccc2-c2ccccc21)C(C)C. The zero-order valence-corrected chi connectivity index (χ0v) is 63.1. The summed E-state index contributed by atoms with van der Waals surface area (Å²) in [6.45, 7) is 28.7. The molecule has 2 aromatic carbocycles. The molecule has 0 spiro atoms. The van der Waals surface area contributed by atoms with Crippen LogP contribution in [0.2, 0.25) is 0 Å². The molecule has 0 saturated heterocycles. The zero-order chi connectivity index (χ0) is 75.2. The van der Waals surface area contributed by atoms with Crippen LogP contribution in [-0.4, -0.2) is 223 Å². The summed E-state index contributed by atoms with van der Waals surface area (Å²) in [7, 11) is 8.68. The van der Waals surface area contributed by atoms with Gasteiger partial charge < -0.3 is 64.9 Å². The Labute approximate surface area is 587 Å². The van der Waals surface area contributed by atoms with E-state index in [1.165, 1.54) is 87.4 Å². The number of amides is 10. The molecule has 0 aromatic heterocycles. The molecule has 0 saturated carbocycles. The number of ether oxygens (including phenoxy) is 3. The molecule has 99 heavy (non-hydrogen) atoms. The molecule has 0 radical (unpaired) electrons. The monoisotopic (exact) mass is 1380 g/mol. The first kappa shape index (κ1) is 84.8. The van der Waals surface area contributed by atoms with Crippen molar-refractivity contribution < 1.29 is 71.7 Å². The molecule has 10 amide bonds. The van der Waals surface area contributed by atoms with Gasteiger partial charge in [-0.2, -0.15) is 0 Å². The maximum Gasteiger partial charge on any atom is 0.407 e. The van der Waals surface area contributed by atoms with E-state index in [9.17, 15) is 43.2 Å². The summed E-state index contributed by atoms with van der Waals surface area (Å²) in [4.78, 5) is 177. The average molecular weight is 1390 g/mol. The average Bonchev–Trinajstić information content (AvgIpc) is 1.66. The molecule has 0 fully saturated rings. The first-order chi connectivity index (χ1) is 46.2. The fourth-order valence-electron chi connectivity index (χ4n) is 12.4. The number of nitrogens with zero attached hydrogens (tertiary/aromatic N) is 6. The molecule has 0 bridgehead atoms. The Morgan fingerprint density at radius 3 is 1.46 bits per heavy atom. The van der Waals surface area contributed by atoms with Gasteiger partial charge in [-0.3, -0.25) is 47.9 Å². The van der Waals surface area contributed by atoms with E-state index in [0.717, 1.165) is 27.2 Å². The largest absolute Gasteiger partial charge is 0.462 e. The van der Waals surface area contributed by atoms with Gasteiger partial charge in [-0.05, 0) is 111 Å². The first-order valence-corrected chi connectivity index (χ1v) is 34.8. The second kappa shape index (κ2) is 39.4. The van der Waals surface area contributed by atoms with Crippen LogP contribution in [0.25, 0.3) is 11.1 Å². The Bertz CT molecular complexity index is 3100. The fourth-order valence-corrected chi connectivity index (χ4v) is 12.4. The Hall–Kier alpha value is -8.38. The molecule has 4 N–H and O–H groups in total. The molecule has 552 valence electrons. The molecule has 0 heterocycles. The summed E-state index contributed by atoms with van der Waals surface area (Å²) in [6.07, 6.45) is 2.35. The van der Waals surface area contributed by atoms with Gasteiger partial charge in [0.25, 0.3) is 0 Å². The molecule has 0 aliphatic heterocycles. The standard InChI is InChI=1S/C74H116N10O15/c1-24-26-31-47(13)64(99-51(17)86)63(67(89)77-57(25-2)73(95)97-37-36-79(18)50(16)85)84(23)72(94)62(46(11)12)83(22)70(92)60(40-44(7)8)82(21)69(91)59(39-43(5)6)81(20)68(90)49(15)76-65(87)48(14)75-66(88)58(38-42(3)4)80(19)71(93)61(45(9)10)78-74(96)98-41-56-54-34-29-27-32-52(54)53-33-28-30-35-55(53)56/h24,26-30,32-35,42-49,56-64H,25,31,36-41H2,1-23H3,(H,75,88)(H,76,87)(H,77,89)(H,78,96)/t47-,48+,49-,57+,58+,59+,60+,61+,62+,63+,64-/m1/s1. The van der Waals surface area contributed by atoms with Crippen LogP contribution in [0.1, 0.15) is 167 Å². The van der Waals surface area contributed by atoms with Crippen molar-refractivity contribution in [2.75, 3.05) is 62.0 Å². The van der Waals surface area contributed by atoms with Crippen LogP contribution in [0.3, 0.4) is 0 Å². The third-order valence-electron chi connectivity index (χ3n) is 18.3. The van der Waals surface area contributed by atoms with Gasteiger partial charge >= 0.3 is 18.0 Å². The van der Waals surface area contributed by atoms with Gasteiger partial charge in [0.2, 0.25) is 53.2 Å². The lowest BCUT2D eigenvalue weighted by atomic mass is 9.91. The van der Waals surface area contributed by atoms with E-state index in [4.69, 9.17) is 14.2 Å². The Morgan fingerprint density at radius 2 is 0.990 bits per heavy atom. The molecule has 25 heteroatoms. The number of likely N-dealkylation sites (N-methyl/N-ethyl adjacent to an activating group) is 6. The highest BCUT2D eigenvalue weighted by molar-refractivity contribution is 5.98. The minimum atomic E-state index is -1.56. The number of nitrogens with one attached hydrogen (secondary N) is 4. The second-order valence-electron chi connectivity index (χ2n) is 28.4. The summed E-state index contributed by atoms with van der Waals surface area (Å²) in [6, 6.07) is 4.76. The van der Waals surface area contributed by atoms with Gasteiger partial charge in [-0.25, -0.2) is 9.59 Å². The van der Waals surface area contributed by atoms with Crippen LogP contribution < -0.4 is 21.3 Å². The fraction of sp³-hybridized carbons (Fsp3) is 0.649. The van der Waals surface area contributed by atoms with Gasteiger partial charge in [0.05, 0.1) is 6.54 Å². The number of allylic oxidation sites excluding steroid dienone is 2. The quantitative estimate of drug-likeness (QED) is 0.0303. The second-order valence-corrected chi connectivity index (χ2v) is 28.4. The number of carbonyl (C=O) groups excluding carboxylic acids is 12. The molecule has 25 nitrogen and oxygen atoms in total. The molecule has 1 aliphatic carbocycles. The lowest BCUT2D eigenvalue weighted by Crippen LogP contribution is -2.63. The highest BCUT2D eigenvalue weighted by Crippen LogP contribution is 2.44. The van der Waals surface area contributed by atoms with E-state index in [-0.39, 0.29) is 75.0 Å². The third-order valence-corrected chi connectivity index (χ3v) is 18.3. The van der Waals surface area contributed by atoms with Gasteiger partial charge in [0, 0.05) is 62.1 Å².